The molecule has 0 saturated heterocycles. The van der Waals surface area contributed by atoms with Gasteiger partial charge in [0.05, 0.1) is 12.0 Å². The van der Waals surface area contributed by atoms with Crippen LogP contribution >= 0.6 is 0 Å². The van der Waals surface area contributed by atoms with Crippen molar-refractivity contribution in [2.45, 2.75) is 6.92 Å². The molecule has 0 aromatic carbocycles. The van der Waals surface area contributed by atoms with Crippen LogP contribution in [0.3, 0.4) is 0 Å². The minimum Gasteiger partial charge on any atom is -0.463 e. The van der Waals surface area contributed by atoms with E-state index in [4.69, 9.17) is 4.42 Å². The third-order valence-corrected chi connectivity index (χ3v) is 2.78. The van der Waals surface area contributed by atoms with E-state index in [1.165, 1.54) is 12.3 Å². The van der Waals surface area contributed by atoms with E-state index in [9.17, 15) is 9.59 Å². The Morgan fingerprint density at radius 3 is 2.80 bits per heavy atom. The van der Waals surface area contributed by atoms with Gasteiger partial charge in [-0.15, -0.1) is 0 Å². The molecule has 2 rings (SSSR count). The average Bonchev–Trinajstić information content (AvgIpc) is 2.97. The maximum absolute atomic E-state index is 11.9. The summed E-state index contributed by atoms with van der Waals surface area (Å²) in [5.41, 5.74) is 0.209. The van der Waals surface area contributed by atoms with Crippen molar-refractivity contribution in [3.8, 4) is 11.5 Å². The van der Waals surface area contributed by atoms with Crippen LogP contribution in [0, 0.1) is 0 Å². The Morgan fingerprint density at radius 2 is 2.15 bits per heavy atom. The highest BCUT2D eigenvalue weighted by Crippen LogP contribution is 2.15. The van der Waals surface area contributed by atoms with Gasteiger partial charge in [-0.25, -0.2) is 0 Å². The monoisotopic (exact) mass is 275 g/mol. The first kappa shape index (κ1) is 14.1. The number of nitrogens with one attached hydrogen (secondary N) is 3. The van der Waals surface area contributed by atoms with E-state index in [-0.39, 0.29) is 11.5 Å². The number of amides is 1. The van der Waals surface area contributed by atoms with Crippen LogP contribution in [-0.4, -0.2) is 30.5 Å². The van der Waals surface area contributed by atoms with Gasteiger partial charge >= 0.3 is 0 Å². The van der Waals surface area contributed by atoms with Crippen LogP contribution in [0.25, 0.3) is 11.5 Å². The Kier molecular flexibility index (Phi) is 4.73. The Labute approximate surface area is 116 Å². The van der Waals surface area contributed by atoms with Gasteiger partial charge < -0.3 is 20.0 Å². The smallest absolute Gasteiger partial charge is 0.261 e. The lowest BCUT2D eigenvalue weighted by Crippen LogP contribution is -2.34. The number of hydrogen-bond acceptors (Lipinski definition) is 4. The number of carbonyl (C=O) groups excluding carboxylic acids is 1. The van der Waals surface area contributed by atoms with Crippen molar-refractivity contribution < 1.29 is 9.21 Å². The van der Waals surface area contributed by atoms with Gasteiger partial charge in [-0.2, -0.15) is 0 Å². The SMILES string of the molecule is CCNCCNC(=O)c1ccc(-c2ccco2)[nH]c1=O. The fourth-order valence-corrected chi connectivity index (χ4v) is 1.76. The van der Waals surface area contributed by atoms with Crippen molar-refractivity contribution in [1.29, 1.82) is 0 Å². The van der Waals surface area contributed by atoms with Crippen LogP contribution in [0.5, 0.6) is 0 Å². The number of aromatic amines is 1. The summed E-state index contributed by atoms with van der Waals surface area (Å²) in [7, 11) is 0. The van der Waals surface area contributed by atoms with Crippen LogP contribution in [0.4, 0.5) is 0 Å². The molecule has 2 aromatic rings. The minimum absolute atomic E-state index is 0.0943. The molecular formula is C14H17N3O3. The second-order valence-electron chi connectivity index (χ2n) is 4.20. The van der Waals surface area contributed by atoms with Crippen LogP contribution in [0.15, 0.2) is 39.7 Å². The summed E-state index contributed by atoms with van der Waals surface area (Å²) in [4.78, 5) is 26.4. The average molecular weight is 275 g/mol. The van der Waals surface area contributed by atoms with Gasteiger partial charge in [0.15, 0.2) is 0 Å². The number of furan rings is 1. The Hall–Kier alpha value is -2.34. The molecule has 0 radical (unpaired) electrons. The van der Waals surface area contributed by atoms with E-state index in [1.807, 2.05) is 6.92 Å². The molecule has 2 aromatic heterocycles. The highest BCUT2D eigenvalue weighted by molar-refractivity contribution is 5.94. The molecule has 6 nitrogen and oxygen atoms in total. The molecule has 0 fully saturated rings. The van der Waals surface area contributed by atoms with Gasteiger partial charge in [-0.05, 0) is 30.8 Å². The summed E-state index contributed by atoms with van der Waals surface area (Å²) in [5.74, 6) is 0.177. The van der Waals surface area contributed by atoms with Crippen molar-refractivity contribution in [2.24, 2.45) is 0 Å². The zero-order valence-electron chi connectivity index (χ0n) is 11.2. The number of carbonyl (C=O) groups is 1. The maximum atomic E-state index is 11.9. The Morgan fingerprint density at radius 1 is 1.30 bits per heavy atom. The standard InChI is InChI=1S/C14H17N3O3/c1-2-15-7-8-16-13(18)10-5-6-11(17-14(10)19)12-4-3-9-20-12/h3-6,9,15H,2,7-8H2,1H3,(H,16,18)(H,17,19). The summed E-state index contributed by atoms with van der Waals surface area (Å²) in [6, 6.07) is 6.62. The number of aromatic nitrogens is 1. The van der Waals surface area contributed by atoms with Crippen molar-refractivity contribution in [3.05, 3.63) is 46.4 Å². The molecule has 0 saturated carbocycles. The molecule has 106 valence electrons. The minimum atomic E-state index is -0.431. The summed E-state index contributed by atoms with van der Waals surface area (Å²) >= 11 is 0. The maximum Gasteiger partial charge on any atom is 0.261 e. The van der Waals surface area contributed by atoms with Crippen LogP contribution in [0.2, 0.25) is 0 Å². The van der Waals surface area contributed by atoms with Crippen LogP contribution in [-0.2, 0) is 0 Å². The summed E-state index contributed by atoms with van der Waals surface area (Å²) < 4.78 is 5.19. The fourth-order valence-electron chi connectivity index (χ4n) is 1.76. The van der Waals surface area contributed by atoms with Crippen LogP contribution in [0.1, 0.15) is 17.3 Å². The molecule has 0 spiro atoms. The van der Waals surface area contributed by atoms with Crippen molar-refractivity contribution >= 4 is 5.91 Å². The van der Waals surface area contributed by atoms with E-state index >= 15 is 0 Å². The van der Waals surface area contributed by atoms with E-state index in [1.54, 1.807) is 18.2 Å². The van der Waals surface area contributed by atoms with E-state index < -0.39 is 5.56 Å². The first-order chi connectivity index (χ1) is 9.72. The molecular weight excluding hydrogens is 258 g/mol. The first-order valence-corrected chi connectivity index (χ1v) is 6.48. The zero-order valence-corrected chi connectivity index (χ0v) is 11.2. The van der Waals surface area contributed by atoms with Gasteiger partial charge in [0.25, 0.3) is 11.5 Å². The van der Waals surface area contributed by atoms with Crippen LogP contribution < -0.4 is 16.2 Å². The molecule has 0 unspecified atom stereocenters. The number of hydrogen-bond donors (Lipinski definition) is 3. The largest absolute Gasteiger partial charge is 0.463 e. The second-order valence-corrected chi connectivity index (χ2v) is 4.20. The quantitative estimate of drug-likeness (QED) is 0.686. The summed E-state index contributed by atoms with van der Waals surface area (Å²) in [5, 5.41) is 5.77. The zero-order chi connectivity index (χ0) is 14.4. The molecule has 20 heavy (non-hydrogen) atoms. The normalized spacial score (nSPS) is 10.4. The van der Waals surface area contributed by atoms with E-state index in [2.05, 4.69) is 15.6 Å². The first-order valence-electron chi connectivity index (χ1n) is 6.48. The molecule has 0 atom stereocenters. The van der Waals surface area contributed by atoms with Gasteiger partial charge in [-0.3, -0.25) is 9.59 Å². The highest BCUT2D eigenvalue weighted by Gasteiger charge is 2.11. The van der Waals surface area contributed by atoms with Crippen molar-refractivity contribution in [1.82, 2.24) is 15.6 Å². The lowest BCUT2D eigenvalue weighted by atomic mass is 10.2. The topological polar surface area (TPSA) is 87.1 Å². The predicted octanol–water partition coefficient (Wildman–Crippen LogP) is 0.974. The molecule has 1 amide bonds. The third-order valence-electron chi connectivity index (χ3n) is 2.78. The molecule has 0 aliphatic heterocycles. The molecule has 0 aliphatic rings. The number of likely N-dealkylation sites (N-methyl/N-ethyl adjacent to an activating group) is 1. The van der Waals surface area contributed by atoms with Gasteiger partial charge in [0, 0.05) is 13.1 Å². The van der Waals surface area contributed by atoms with Crippen molar-refractivity contribution in [3.63, 3.8) is 0 Å². The molecule has 2 heterocycles. The Bertz CT molecular complexity index is 617. The second kappa shape index (κ2) is 6.72. The fraction of sp³-hybridized carbons (Fsp3) is 0.286. The van der Waals surface area contributed by atoms with Gasteiger partial charge in [-0.1, -0.05) is 6.92 Å². The number of rotatable bonds is 6. The van der Waals surface area contributed by atoms with Gasteiger partial charge in [0.1, 0.15) is 11.3 Å². The lowest BCUT2D eigenvalue weighted by Gasteiger charge is -2.05. The van der Waals surface area contributed by atoms with Crippen molar-refractivity contribution in [2.75, 3.05) is 19.6 Å². The number of H-pyrrole nitrogens is 1. The molecule has 0 aliphatic carbocycles. The molecule has 0 bridgehead atoms. The molecule has 6 heteroatoms. The molecule has 3 N–H and O–H groups in total. The Balaban J connectivity index is 2.06. The van der Waals surface area contributed by atoms with E-state index in [0.717, 1.165) is 6.54 Å². The number of pyridine rings is 1. The summed E-state index contributed by atoms with van der Waals surface area (Å²) in [6.07, 6.45) is 1.52. The predicted molar refractivity (Wildman–Crippen MR) is 75.6 cm³/mol. The lowest BCUT2D eigenvalue weighted by molar-refractivity contribution is 0.0952. The van der Waals surface area contributed by atoms with Gasteiger partial charge in [0.2, 0.25) is 0 Å². The third kappa shape index (κ3) is 3.36. The van der Waals surface area contributed by atoms with E-state index in [0.29, 0.717) is 24.5 Å². The summed E-state index contributed by atoms with van der Waals surface area (Å²) in [6.45, 7) is 3.98. The highest BCUT2D eigenvalue weighted by atomic mass is 16.3.